The Bertz CT molecular complexity index is 1390. The minimum atomic E-state index is -0.833. The molecule has 0 aliphatic heterocycles. The number of nitrogens with zero attached hydrogens (tertiary/aromatic N) is 3. The predicted octanol–water partition coefficient (Wildman–Crippen LogP) is 5.10. The number of benzene rings is 3. The highest BCUT2D eigenvalue weighted by Gasteiger charge is 2.10. The van der Waals surface area contributed by atoms with Crippen molar-refractivity contribution >= 4 is 34.3 Å². The first-order valence-corrected chi connectivity index (χ1v) is 10.2. The highest BCUT2D eigenvalue weighted by Crippen LogP contribution is 2.31. The highest BCUT2D eigenvalue weighted by atomic mass is 16.4. The van der Waals surface area contributed by atoms with Crippen molar-refractivity contribution in [1.29, 1.82) is 0 Å². The molecular formula is C25H22N6O2. The molecule has 8 heteroatoms. The van der Waals surface area contributed by atoms with Gasteiger partial charge in [-0.2, -0.15) is 10.1 Å². The molecule has 33 heavy (non-hydrogen) atoms. The molecule has 164 valence electrons. The van der Waals surface area contributed by atoms with Crippen LogP contribution in [0.25, 0.3) is 33.3 Å². The monoisotopic (exact) mass is 438 g/mol. The number of aromatic nitrogens is 4. The molecule has 0 saturated carbocycles. The van der Waals surface area contributed by atoms with Gasteiger partial charge < -0.3 is 16.2 Å². The summed E-state index contributed by atoms with van der Waals surface area (Å²) >= 11 is 0. The number of carboxylic acid groups (broad SMARTS) is 1. The van der Waals surface area contributed by atoms with E-state index in [9.17, 15) is 0 Å². The smallest absolute Gasteiger partial charge is 0.300 e. The summed E-state index contributed by atoms with van der Waals surface area (Å²) in [6.45, 7) is 1.08. The average molecular weight is 438 g/mol. The third-order valence-electron chi connectivity index (χ3n) is 4.75. The van der Waals surface area contributed by atoms with E-state index in [1.54, 1.807) is 12.3 Å². The Labute approximate surface area is 190 Å². The van der Waals surface area contributed by atoms with E-state index in [0.717, 1.165) is 40.3 Å². The zero-order chi connectivity index (χ0) is 23.2. The van der Waals surface area contributed by atoms with Gasteiger partial charge in [-0.05, 0) is 41.5 Å². The van der Waals surface area contributed by atoms with Crippen molar-refractivity contribution < 1.29 is 9.90 Å². The van der Waals surface area contributed by atoms with Gasteiger partial charge in [0.15, 0.2) is 0 Å². The fourth-order valence-corrected chi connectivity index (χ4v) is 3.38. The zero-order valence-electron chi connectivity index (χ0n) is 17.9. The number of hydrogen-bond acceptors (Lipinski definition) is 6. The van der Waals surface area contributed by atoms with Crippen molar-refractivity contribution in [3.05, 3.63) is 85.1 Å². The van der Waals surface area contributed by atoms with Gasteiger partial charge in [-0.1, -0.05) is 48.5 Å². The molecule has 0 aliphatic carbocycles. The lowest BCUT2D eigenvalue weighted by atomic mass is 10.0. The number of hydrogen-bond donors (Lipinski definition) is 4. The minimum Gasteiger partial charge on any atom is -0.481 e. The van der Waals surface area contributed by atoms with Crippen molar-refractivity contribution in [2.24, 2.45) is 0 Å². The first kappa shape index (κ1) is 21.5. The Morgan fingerprint density at radius 2 is 1.67 bits per heavy atom. The largest absolute Gasteiger partial charge is 0.481 e. The second kappa shape index (κ2) is 9.61. The Hall–Kier alpha value is -4.72. The van der Waals surface area contributed by atoms with Gasteiger partial charge in [-0.3, -0.25) is 9.89 Å². The number of aromatic amines is 1. The second-order valence-electron chi connectivity index (χ2n) is 7.22. The summed E-state index contributed by atoms with van der Waals surface area (Å²) in [5.74, 6) is 0.0470. The number of carbonyl (C=O) groups is 1. The highest BCUT2D eigenvalue weighted by molar-refractivity contribution is 5.95. The van der Waals surface area contributed by atoms with Gasteiger partial charge in [0, 0.05) is 29.8 Å². The van der Waals surface area contributed by atoms with Gasteiger partial charge in [0.25, 0.3) is 5.97 Å². The third kappa shape index (κ3) is 5.31. The molecule has 0 bridgehead atoms. The zero-order valence-corrected chi connectivity index (χ0v) is 17.9. The van der Waals surface area contributed by atoms with Gasteiger partial charge in [0.2, 0.25) is 5.95 Å². The van der Waals surface area contributed by atoms with Crippen LogP contribution in [-0.4, -0.2) is 31.2 Å². The summed E-state index contributed by atoms with van der Waals surface area (Å²) in [6, 6.07) is 26.6. The van der Waals surface area contributed by atoms with E-state index >= 15 is 0 Å². The molecule has 3 aromatic carbocycles. The van der Waals surface area contributed by atoms with Gasteiger partial charge in [-0.25, -0.2) is 4.98 Å². The van der Waals surface area contributed by atoms with Gasteiger partial charge in [-0.15, -0.1) is 0 Å². The number of carboxylic acids is 1. The number of nitrogen functional groups attached to an aromatic ring is 1. The molecule has 0 atom stereocenters. The van der Waals surface area contributed by atoms with Crippen LogP contribution in [0.5, 0.6) is 0 Å². The Morgan fingerprint density at radius 3 is 2.42 bits per heavy atom. The molecule has 2 aromatic heterocycles. The van der Waals surface area contributed by atoms with Crippen molar-refractivity contribution in [1.82, 2.24) is 20.2 Å². The molecule has 8 nitrogen and oxygen atoms in total. The Balaban J connectivity index is 0.000000601. The molecule has 0 radical (unpaired) electrons. The van der Waals surface area contributed by atoms with Crippen LogP contribution in [-0.2, 0) is 4.79 Å². The quantitative estimate of drug-likeness (QED) is 0.307. The number of rotatable bonds is 4. The molecule has 0 amide bonds. The van der Waals surface area contributed by atoms with Crippen molar-refractivity contribution in [3.63, 3.8) is 0 Å². The van der Waals surface area contributed by atoms with Crippen molar-refractivity contribution in [3.8, 4) is 22.4 Å². The predicted molar refractivity (Wildman–Crippen MR) is 130 cm³/mol. The maximum Gasteiger partial charge on any atom is 0.300 e. The summed E-state index contributed by atoms with van der Waals surface area (Å²) in [5, 5.41) is 19.4. The molecule has 5 rings (SSSR count). The van der Waals surface area contributed by atoms with Crippen LogP contribution in [0.2, 0.25) is 0 Å². The summed E-state index contributed by atoms with van der Waals surface area (Å²) in [4.78, 5) is 17.1. The number of fused-ring (bicyclic) bond motifs is 1. The van der Waals surface area contributed by atoms with Crippen LogP contribution in [0.3, 0.4) is 0 Å². The lowest BCUT2D eigenvalue weighted by molar-refractivity contribution is -0.134. The molecule has 0 spiro atoms. The summed E-state index contributed by atoms with van der Waals surface area (Å²) in [7, 11) is 0. The molecule has 5 aromatic rings. The maximum absolute atomic E-state index is 9.00. The first-order valence-electron chi connectivity index (χ1n) is 10.2. The number of anilines is 3. The number of H-pyrrole nitrogens is 1. The molecule has 5 N–H and O–H groups in total. The minimum absolute atomic E-state index is 0.234. The average Bonchev–Trinajstić information content (AvgIpc) is 3.23. The normalized spacial score (nSPS) is 10.3. The van der Waals surface area contributed by atoms with E-state index in [2.05, 4.69) is 67.9 Å². The SMILES string of the molecule is CC(=O)O.Nc1nccc(Nc2ccc3[nH]nc(-c4cccc(-c5ccccc5)c4)c3c2)n1. The van der Waals surface area contributed by atoms with Crippen molar-refractivity contribution in [2.75, 3.05) is 11.1 Å². The summed E-state index contributed by atoms with van der Waals surface area (Å²) < 4.78 is 0. The molecule has 0 unspecified atom stereocenters. The molecular weight excluding hydrogens is 416 g/mol. The van der Waals surface area contributed by atoms with Crippen LogP contribution in [0.15, 0.2) is 85.1 Å². The molecule has 0 aliphatic rings. The van der Waals surface area contributed by atoms with E-state index in [4.69, 9.17) is 15.6 Å². The summed E-state index contributed by atoms with van der Waals surface area (Å²) in [5.41, 5.74) is 11.8. The van der Waals surface area contributed by atoms with Crippen LogP contribution >= 0.6 is 0 Å². The van der Waals surface area contributed by atoms with E-state index in [1.807, 2.05) is 30.3 Å². The number of aliphatic carboxylic acids is 1. The fraction of sp³-hybridized carbons (Fsp3) is 0.0400. The second-order valence-corrected chi connectivity index (χ2v) is 7.22. The van der Waals surface area contributed by atoms with E-state index in [0.29, 0.717) is 5.82 Å². The molecule has 0 saturated heterocycles. The van der Waals surface area contributed by atoms with Gasteiger partial charge >= 0.3 is 0 Å². The van der Waals surface area contributed by atoms with Gasteiger partial charge in [0.1, 0.15) is 5.82 Å². The fourth-order valence-electron chi connectivity index (χ4n) is 3.38. The molecule has 0 fully saturated rings. The lowest BCUT2D eigenvalue weighted by Gasteiger charge is -2.07. The maximum atomic E-state index is 9.00. The van der Waals surface area contributed by atoms with Crippen LogP contribution in [0, 0.1) is 0 Å². The third-order valence-corrected chi connectivity index (χ3v) is 4.75. The Kier molecular flexibility index (Phi) is 6.26. The van der Waals surface area contributed by atoms with E-state index in [1.165, 1.54) is 5.56 Å². The van der Waals surface area contributed by atoms with Crippen LogP contribution < -0.4 is 11.1 Å². The first-order chi connectivity index (χ1) is 16.0. The molecule has 2 heterocycles. The number of nitrogens with two attached hydrogens (primary N) is 1. The van der Waals surface area contributed by atoms with Crippen LogP contribution in [0.1, 0.15) is 6.92 Å². The van der Waals surface area contributed by atoms with E-state index in [-0.39, 0.29) is 5.95 Å². The topological polar surface area (TPSA) is 130 Å². The Morgan fingerprint density at radius 1 is 0.939 bits per heavy atom. The van der Waals surface area contributed by atoms with Gasteiger partial charge in [0.05, 0.1) is 11.2 Å². The number of nitrogens with one attached hydrogen (secondary N) is 2. The van der Waals surface area contributed by atoms with Crippen molar-refractivity contribution in [2.45, 2.75) is 6.92 Å². The standard InChI is InChI=1S/C23H18N6.C2H4O2/c24-23-25-12-11-21(27-23)26-18-9-10-20-19(14-18)22(29-28-20)17-8-4-7-16(13-17)15-5-2-1-3-6-15;1-2(3)4/h1-14H,(H,28,29)(H3,24,25,26,27);1H3,(H,3,4). The summed E-state index contributed by atoms with van der Waals surface area (Å²) in [6.07, 6.45) is 1.63. The lowest BCUT2D eigenvalue weighted by Crippen LogP contribution is -1.98. The van der Waals surface area contributed by atoms with Crippen LogP contribution in [0.4, 0.5) is 17.5 Å². The van der Waals surface area contributed by atoms with E-state index < -0.39 is 5.97 Å².